The second-order valence-electron chi connectivity index (χ2n) is 6.27. The van der Waals surface area contributed by atoms with Crippen molar-refractivity contribution < 1.29 is 49.8 Å². The molecule has 156 valence electrons. The van der Waals surface area contributed by atoms with Crippen LogP contribution in [0.25, 0.3) is 0 Å². The maximum absolute atomic E-state index is 12.4. The van der Waals surface area contributed by atoms with E-state index in [1.165, 1.54) is 5.64 Å². The van der Waals surface area contributed by atoms with Gasteiger partial charge < -0.3 is 35.4 Å². The van der Waals surface area contributed by atoms with E-state index in [9.17, 15) is 29.7 Å². The third kappa shape index (κ3) is 6.44. The molecule has 1 aliphatic carbocycles. The molecule has 1 fully saturated rings. The molecule has 1 saturated carbocycles. The lowest BCUT2D eigenvalue weighted by atomic mass is 9.81. The average molecular weight is 395 g/mol. The van der Waals surface area contributed by atoms with Crippen molar-refractivity contribution in [2.24, 2.45) is 5.92 Å². The minimum atomic E-state index is -2.21. The molecule has 0 bridgehead atoms. The average Bonchev–Trinajstić information content (AvgIpc) is 2.62. The molecule has 0 aliphatic heterocycles. The summed E-state index contributed by atoms with van der Waals surface area (Å²) in [6, 6.07) is -1.00. The van der Waals surface area contributed by atoms with Gasteiger partial charge in [0, 0.05) is 18.5 Å². The van der Waals surface area contributed by atoms with Crippen LogP contribution in [0.15, 0.2) is 0 Å². The number of hydrogen-bond acceptors (Lipinski definition) is 13. The molecule has 0 amide bonds. The fraction of sp³-hybridized carbons (Fsp3) is 0.786. The van der Waals surface area contributed by atoms with Gasteiger partial charge in [-0.2, -0.15) is 11.0 Å². The first-order valence-corrected chi connectivity index (χ1v) is 8.22. The first-order valence-electron chi connectivity index (χ1n) is 8.22. The largest absolute Gasteiger partial charge is 0.382 e. The number of aliphatic hydroxyl groups is 3. The number of nitrogens with one attached hydrogen (secondary N) is 3. The van der Waals surface area contributed by atoms with Crippen LogP contribution in [0, 0.1) is 5.92 Å². The van der Waals surface area contributed by atoms with E-state index < -0.39 is 47.6 Å². The number of carbonyl (C=O) groups excluding carboxylic acids is 3. The summed E-state index contributed by atoms with van der Waals surface area (Å²) in [6.07, 6.45) is -3.75. The van der Waals surface area contributed by atoms with Crippen molar-refractivity contribution in [3.05, 3.63) is 0 Å². The van der Waals surface area contributed by atoms with Crippen molar-refractivity contribution in [2.75, 3.05) is 0 Å². The lowest BCUT2D eigenvalue weighted by molar-refractivity contribution is -0.206. The first-order chi connectivity index (χ1) is 12.7. The van der Waals surface area contributed by atoms with Gasteiger partial charge in [0.2, 0.25) is 0 Å². The third-order valence-corrected chi connectivity index (χ3v) is 4.40. The van der Waals surface area contributed by atoms with E-state index in [0.717, 1.165) is 6.92 Å². The van der Waals surface area contributed by atoms with Gasteiger partial charge in [0.15, 0.2) is 17.6 Å². The van der Waals surface area contributed by atoms with Crippen molar-refractivity contribution in [2.45, 2.75) is 63.0 Å². The molecular formula is C14H25N3O10. The molecule has 0 heterocycles. The summed E-state index contributed by atoms with van der Waals surface area (Å²) in [4.78, 5) is 42.8. The molecular weight excluding hydrogens is 370 g/mol. The summed E-state index contributed by atoms with van der Waals surface area (Å²) in [5, 5.41) is 48.1. The van der Waals surface area contributed by atoms with Crippen molar-refractivity contribution >= 4 is 17.7 Å². The molecule has 0 aromatic carbocycles. The lowest BCUT2D eigenvalue weighted by Crippen LogP contribution is -2.59. The second kappa shape index (κ2) is 10.6. The van der Waals surface area contributed by atoms with Gasteiger partial charge >= 0.3 is 11.9 Å². The Morgan fingerprint density at radius 1 is 1.07 bits per heavy atom. The van der Waals surface area contributed by atoms with E-state index in [2.05, 4.69) is 9.68 Å². The van der Waals surface area contributed by atoms with E-state index >= 15 is 0 Å². The molecule has 1 aliphatic rings. The van der Waals surface area contributed by atoms with Crippen LogP contribution in [0.5, 0.6) is 0 Å². The molecule has 27 heavy (non-hydrogen) atoms. The van der Waals surface area contributed by atoms with Crippen LogP contribution in [0.1, 0.15) is 39.0 Å². The first kappa shape index (κ1) is 23.3. The molecule has 0 saturated heterocycles. The van der Waals surface area contributed by atoms with Crippen LogP contribution >= 0.6 is 0 Å². The Labute approximate surface area is 154 Å². The Bertz CT molecular complexity index is 533. The highest BCUT2D eigenvalue weighted by molar-refractivity contribution is 5.91. The van der Waals surface area contributed by atoms with Gasteiger partial charge in [0.05, 0.1) is 6.04 Å². The molecule has 8 N–H and O–H groups in total. The van der Waals surface area contributed by atoms with Crippen LogP contribution < -0.4 is 16.6 Å². The number of aliphatic hydroxyl groups excluding tert-OH is 2. The Morgan fingerprint density at radius 2 is 1.74 bits per heavy atom. The topological polar surface area (TPSA) is 207 Å². The number of ketones is 1. The minimum Gasteiger partial charge on any atom is -0.382 e. The van der Waals surface area contributed by atoms with Gasteiger partial charge in [-0.15, -0.1) is 0 Å². The molecule has 1 rings (SSSR count). The SMILES string of the molecule is CC(=O)ONOC(=O)C(O)C(O)C(=O)C1CCCC(O)(NO)C(NO)CC1. The Balaban J connectivity index is 2.66. The molecule has 13 nitrogen and oxygen atoms in total. The predicted octanol–water partition coefficient (Wildman–Crippen LogP) is -2.60. The number of carbonyl (C=O) groups is 3. The molecule has 0 aromatic heterocycles. The summed E-state index contributed by atoms with van der Waals surface area (Å²) in [5.41, 5.74) is 3.30. The van der Waals surface area contributed by atoms with Crippen LogP contribution in [-0.2, 0) is 24.1 Å². The Hall–Kier alpha value is -1.71. The zero-order valence-electron chi connectivity index (χ0n) is 14.6. The van der Waals surface area contributed by atoms with Crippen molar-refractivity contribution in [3.63, 3.8) is 0 Å². The Morgan fingerprint density at radius 3 is 2.30 bits per heavy atom. The maximum Gasteiger partial charge on any atom is 0.360 e. The standard InChI is InChI=1S/C14H25N3O10/c1-7(18)26-17-27-13(22)12(21)11(20)10(19)8-3-2-6-14(23,16-25)9(15-24)5-4-8/h8-9,11-12,15-17,20-21,23-25H,2-6H2,1H3. The monoisotopic (exact) mass is 395 g/mol. The lowest BCUT2D eigenvalue weighted by Gasteiger charge is -2.37. The quantitative estimate of drug-likeness (QED) is 0.157. The number of hydroxylamine groups is 2. The summed E-state index contributed by atoms with van der Waals surface area (Å²) < 4.78 is 0. The van der Waals surface area contributed by atoms with Gasteiger partial charge in [-0.05, 0) is 32.1 Å². The molecule has 0 radical (unpaired) electrons. The Kier molecular flexibility index (Phi) is 9.14. The predicted molar refractivity (Wildman–Crippen MR) is 83.2 cm³/mol. The highest BCUT2D eigenvalue weighted by Crippen LogP contribution is 2.29. The van der Waals surface area contributed by atoms with Gasteiger partial charge in [-0.1, -0.05) is 0 Å². The van der Waals surface area contributed by atoms with Gasteiger partial charge in [-0.3, -0.25) is 9.59 Å². The second-order valence-corrected chi connectivity index (χ2v) is 6.27. The summed E-state index contributed by atoms with van der Waals surface area (Å²) in [5.74, 6) is -3.86. The van der Waals surface area contributed by atoms with E-state index in [1.54, 1.807) is 5.48 Å². The van der Waals surface area contributed by atoms with E-state index in [0.29, 0.717) is 0 Å². The van der Waals surface area contributed by atoms with Gasteiger partial charge in [-0.25, -0.2) is 4.79 Å². The van der Waals surface area contributed by atoms with Crippen LogP contribution in [0.4, 0.5) is 0 Å². The number of hydrogen-bond donors (Lipinski definition) is 8. The van der Waals surface area contributed by atoms with Gasteiger partial charge in [0.25, 0.3) is 0 Å². The normalized spacial score (nSPS) is 28.4. The molecule has 5 atom stereocenters. The van der Waals surface area contributed by atoms with Gasteiger partial charge in [0.1, 0.15) is 6.10 Å². The van der Waals surface area contributed by atoms with E-state index in [-0.39, 0.29) is 32.1 Å². The maximum atomic E-state index is 12.4. The van der Waals surface area contributed by atoms with Crippen LogP contribution in [-0.4, -0.2) is 67.4 Å². The minimum absolute atomic E-state index is 0.0154. The summed E-state index contributed by atoms with van der Waals surface area (Å²) in [7, 11) is 0. The van der Waals surface area contributed by atoms with Crippen molar-refractivity contribution in [3.8, 4) is 0 Å². The van der Waals surface area contributed by atoms with Crippen LogP contribution in [0.3, 0.4) is 0 Å². The molecule has 0 aromatic rings. The highest BCUT2D eigenvalue weighted by atomic mass is 16.9. The van der Waals surface area contributed by atoms with Crippen LogP contribution in [0.2, 0.25) is 0 Å². The zero-order chi connectivity index (χ0) is 20.6. The highest BCUT2D eigenvalue weighted by Gasteiger charge is 2.41. The molecule has 0 spiro atoms. The van der Waals surface area contributed by atoms with E-state index in [1.807, 2.05) is 5.48 Å². The number of rotatable bonds is 8. The molecule has 13 heteroatoms. The van der Waals surface area contributed by atoms with Crippen molar-refractivity contribution in [1.82, 2.24) is 16.6 Å². The molecule has 5 unspecified atom stereocenters. The number of Topliss-reactive ketones (excluding diaryl/α,β-unsaturated/α-hetero) is 1. The summed E-state index contributed by atoms with van der Waals surface area (Å²) in [6.45, 7) is 1.02. The smallest absolute Gasteiger partial charge is 0.360 e. The van der Waals surface area contributed by atoms with Crippen molar-refractivity contribution in [1.29, 1.82) is 0 Å². The fourth-order valence-electron chi connectivity index (χ4n) is 2.84. The zero-order valence-corrected chi connectivity index (χ0v) is 14.6. The third-order valence-electron chi connectivity index (χ3n) is 4.40. The summed E-state index contributed by atoms with van der Waals surface area (Å²) >= 11 is 0. The van der Waals surface area contributed by atoms with E-state index in [4.69, 9.17) is 10.4 Å². The fourth-order valence-corrected chi connectivity index (χ4v) is 2.84.